The molecule has 184 valence electrons. The molecule has 6 nitrogen and oxygen atoms in total. The highest BCUT2D eigenvalue weighted by molar-refractivity contribution is 5.98. The van der Waals surface area contributed by atoms with Crippen molar-refractivity contribution >= 4 is 16.8 Å². The monoisotopic (exact) mass is 481 g/mol. The fourth-order valence-electron chi connectivity index (χ4n) is 4.41. The Kier molecular flexibility index (Phi) is 8.04. The number of carbonyl (C=O) groups excluding carboxylic acids is 1. The van der Waals surface area contributed by atoms with Gasteiger partial charge in [0.05, 0.1) is 37.3 Å². The number of ether oxygens (including phenoxy) is 1. The number of carbonyl (C=O) groups is 1. The smallest absolute Gasteiger partial charge is 0.255 e. The molecule has 0 aliphatic carbocycles. The van der Waals surface area contributed by atoms with Crippen molar-refractivity contribution in [1.29, 1.82) is 5.26 Å². The maximum Gasteiger partial charge on any atom is 0.255 e. The fraction of sp³-hybridized carbons (Fsp3) is 0.267. The van der Waals surface area contributed by atoms with Crippen LogP contribution in [0.3, 0.4) is 0 Å². The molecule has 0 aliphatic heterocycles. The number of amides is 1. The largest absolute Gasteiger partial charge is 0.493 e. The molecule has 0 saturated carbocycles. The topological polar surface area (TPSA) is 87.3 Å². The van der Waals surface area contributed by atoms with E-state index in [-0.39, 0.29) is 12.5 Å². The van der Waals surface area contributed by atoms with Crippen molar-refractivity contribution in [2.75, 3.05) is 13.2 Å². The van der Waals surface area contributed by atoms with E-state index in [9.17, 15) is 9.90 Å². The van der Waals surface area contributed by atoms with E-state index in [1.807, 2.05) is 74.8 Å². The van der Waals surface area contributed by atoms with Gasteiger partial charge in [0.15, 0.2) is 0 Å². The summed E-state index contributed by atoms with van der Waals surface area (Å²) < 4.78 is 7.94. The average molecular weight is 482 g/mol. The van der Waals surface area contributed by atoms with Crippen LogP contribution in [0.5, 0.6) is 5.75 Å². The highest BCUT2D eigenvalue weighted by Crippen LogP contribution is 2.28. The van der Waals surface area contributed by atoms with E-state index in [4.69, 9.17) is 10.00 Å². The Morgan fingerprint density at radius 1 is 1.11 bits per heavy atom. The predicted molar refractivity (Wildman–Crippen MR) is 142 cm³/mol. The molecular formula is C30H31N3O3. The first-order valence-electron chi connectivity index (χ1n) is 12.2. The van der Waals surface area contributed by atoms with Crippen LogP contribution in [0.2, 0.25) is 0 Å². The standard InChI is InChI=1S/C30H31N3O3/c1-3-16-36-29-13-12-23(22-10-8-21(9-11-22)14-15-31)18-27(29)30(35)32-25(20-34)17-24-19-33(2)28-7-5-4-6-26(24)28/h4-13,18-19,25,34H,3,14,16-17,20H2,1-2H3,(H,32,35)/t25-/m1/s1. The number of para-hydroxylation sites is 1. The number of aliphatic hydroxyl groups excluding tert-OH is 1. The Labute approximate surface area is 211 Å². The van der Waals surface area contributed by atoms with E-state index >= 15 is 0 Å². The molecule has 0 radical (unpaired) electrons. The first-order valence-corrected chi connectivity index (χ1v) is 12.2. The van der Waals surface area contributed by atoms with Crippen LogP contribution in [0.4, 0.5) is 0 Å². The summed E-state index contributed by atoms with van der Waals surface area (Å²) in [4.78, 5) is 13.4. The summed E-state index contributed by atoms with van der Waals surface area (Å²) in [7, 11) is 1.99. The van der Waals surface area contributed by atoms with Crippen LogP contribution in [0.1, 0.15) is 34.8 Å². The zero-order valence-corrected chi connectivity index (χ0v) is 20.7. The van der Waals surface area contributed by atoms with E-state index in [1.54, 1.807) is 0 Å². The lowest BCUT2D eigenvalue weighted by atomic mass is 9.99. The van der Waals surface area contributed by atoms with Crippen LogP contribution in [-0.2, 0) is 19.9 Å². The van der Waals surface area contributed by atoms with E-state index < -0.39 is 6.04 Å². The minimum absolute atomic E-state index is 0.180. The van der Waals surface area contributed by atoms with E-state index in [0.29, 0.717) is 30.8 Å². The van der Waals surface area contributed by atoms with E-state index in [1.165, 1.54) is 0 Å². The molecule has 0 aliphatic rings. The van der Waals surface area contributed by atoms with Gasteiger partial charge in [-0.15, -0.1) is 0 Å². The molecule has 4 rings (SSSR count). The number of nitrogens with zero attached hydrogens (tertiary/aromatic N) is 2. The Bertz CT molecular complexity index is 1380. The molecule has 0 unspecified atom stereocenters. The van der Waals surface area contributed by atoms with Crippen molar-refractivity contribution in [3.8, 4) is 22.9 Å². The van der Waals surface area contributed by atoms with Crippen molar-refractivity contribution in [1.82, 2.24) is 9.88 Å². The number of aryl methyl sites for hydroxylation is 1. The van der Waals surface area contributed by atoms with Crippen molar-refractivity contribution in [2.24, 2.45) is 7.05 Å². The van der Waals surface area contributed by atoms with Crippen LogP contribution in [0.15, 0.2) is 72.9 Å². The SMILES string of the molecule is CCCOc1ccc(-c2ccc(CC#N)cc2)cc1C(=O)N[C@@H](CO)Cc1cn(C)c2ccccc12. The zero-order valence-electron chi connectivity index (χ0n) is 20.7. The molecule has 0 saturated heterocycles. The van der Waals surface area contributed by atoms with Crippen molar-refractivity contribution in [3.05, 3.63) is 89.6 Å². The summed E-state index contributed by atoms with van der Waals surface area (Å²) in [5.41, 5.74) is 5.38. The maximum atomic E-state index is 13.4. The minimum Gasteiger partial charge on any atom is -0.493 e. The number of hydrogen-bond acceptors (Lipinski definition) is 4. The van der Waals surface area contributed by atoms with Gasteiger partial charge < -0.3 is 19.7 Å². The van der Waals surface area contributed by atoms with Crippen LogP contribution in [0.25, 0.3) is 22.0 Å². The van der Waals surface area contributed by atoms with Crippen LogP contribution in [-0.4, -0.2) is 34.8 Å². The normalized spacial score (nSPS) is 11.7. The van der Waals surface area contributed by atoms with Gasteiger partial charge in [0.25, 0.3) is 5.91 Å². The number of benzene rings is 3. The molecule has 6 heteroatoms. The molecule has 0 spiro atoms. The molecule has 0 fully saturated rings. The van der Waals surface area contributed by atoms with Gasteiger partial charge in [-0.1, -0.05) is 55.5 Å². The van der Waals surface area contributed by atoms with Crippen molar-refractivity contribution < 1.29 is 14.6 Å². The molecule has 1 atom stereocenters. The third-order valence-corrected chi connectivity index (χ3v) is 6.26. The molecule has 1 aromatic heterocycles. The van der Waals surface area contributed by atoms with Gasteiger partial charge in [-0.25, -0.2) is 0 Å². The summed E-state index contributed by atoms with van der Waals surface area (Å²) in [6.07, 6.45) is 3.74. The fourth-order valence-corrected chi connectivity index (χ4v) is 4.41. The van der Waals surface area contributed by atoms with Gasteiger partial charge >= 0.3 is 0 Å². The number of aromatic nitrogens is 1. The Morgan fingerprint density at radius 2 is 1.86 bits per heavy atom. The highest BCUT2D eigenvalue weighted by Gasteiger charge is 2.20. The second kappa shape index (κ2) is 11.6. The van der Waals surface area contributed by atoms with Gasteiger partial charge in [-0.3, -0.25) is 4.79 Å². The number of nitrogens with one attached hydrogen (secondary N) is 1. The molecule has 1 heterocycles. The minimum atomic E-state index is -0.448. The van der Waals surface area contributed by atoms with Gasteiger partial charge in [-0.05, 0) is 53.3 Å². The lowest BCUT2D eigenvalue weighted by Crippen LogP contribution is -2.39. The van der Waals surface area contributed by atoms with Crippen LogP contribution in [0, 0.1) is 11.3 Å². The summed E-state index contributed by atoms with van der Waals surface area (Å²) in [6.45, 7) is 2.34. The van der Waals surface area contributed by atoms with Gasteiger partial charge in [-0.2, -0.15) is 5.26 Å². The zero-order chi connectivity index (χ0) is 25.5. The Morgan fingerprint density at radius 3 is 2.58 bits per heavy atom. The third kappa shape index (κ3) is 5.59. The third-order valence-electron chi connectivity index (χ3n) is 6.26. The first-order chi connectivity index (χ1) is 17.5. The van der Waals surface area contributed by atoms with Gasteiger partial charge in [0.1, 0.15) is 5.75 Å². The summed E-state index contributed by atoms with van der Waals surface area (Å²) in [5, 5.41) is 23.1. The maximum absolute atomic E-state index is 13.4. The Hall–Kier alpha value is -4.08. The number of hydrogen-bond donors (Lipinski definition) is 2. The number of fused-ring (bicyclic) bond motifs is 1. The molecule has 2 N–H and O–H groups in total. The quantitative estimate of drug-likeness (QED) is 0.332. The number of nitriles is 1. The van der Waals surface area contributed by atoms with Gasteiger partial charge in [0.2, 0.25) is 0 Å². The second-order valence-corrected chi connectivity index (χ2v) is 8.93. The first kappa shape index (κ1) is 25.0. The lowest BCUT2D eigenvalue weighted by Gasteiger charge is -2.18. The number of aliphatic hydroxyl groups is 1. The molecular weight excluding hydrogens is 450 g/mol. The summed E-state index contributed by atoms with van der Waals surface area (Å²) in [5.74, 6) is 0.226. The molecule has 0 bridgehead atoms. The molecule has 36 heavy (non-hydrogen) atoms. The second-order valence-electron chi connectivity index (χ2n) is 8.93. The van der Waals surface area contributed by atoms with Crippen LogP contribution >= 0.6 is 0 Å². The van der Waals surface area contributed by atoms with Crippen LogP contribution < -0.4 is 10.1 Å². The average Bonchev–Trinajstić information content (AvgIpc) is 3.22. The summed E-state index contributed by atoms with van der Waals surface area (Å²) >= 11 is 0. The summed E-state index contributed by atoms with van der Waals surface area (Å²) in [6, 6.07) is 23.1. The van der Waals surface area contributed by atoms with Gasteiger partial charge in [0, 0.05) is 24.1 Å². The lowest BCUT2D eigenvalue weighted by molar-refractivity contribution is 0.0912. The van der Waals surface area contributed by atoms with E-state index in [2.05, 4.69) is 28.1 Å². The molecule has 3 aromatic carbocycles. The van der Waals surface area contributed by atoms with Crippen molar-refractivity contribution in [3.63, 3.8) is 0 Å². The molecule has 4 aromatic rings. The number of rotatable bonds is 10. The predicted octanol–water partition coefficient (Wildman–Crippen LogP) is 5.03. The van der Waals surface area contributed by atoms with Crippen molar-refractivity contribution in [2.45, 2.75) is 32.2 Å². The Balaban J connectivity index is 1.59. The van der Waals surface area contributed by atoms with E-state index in [0.717, 1.165) is 39.6 Å². The highest BCUT2D eigenvalue weighted by atomic mass is 16.5. The molecule has 1 amide bonds.